The summed E-state index contributed by atoms with van der Waals surface area (Å²) in [5.74, 6) is -1.13. The van der Waals surface area contributed by atoms with Gasteiger partial charge in [-0.2, -0.15) is 0 Å². The number of fused-ring (bicyclic) bond motifs is 1. The van der Waals surface area contributed by atoms with Gasteiger partial charge in [-0.05, 0) is 29.8 Å². The van der Waals surface area contributed by atoms with Crippen molar-refractivity contribution in [3.63, 3.8) is 0 Å². The number of aliphatic hydroxyl groups is 1. The average Bonchev–Trinajstić information content (AvgIpc) is 2.56. The lowest BCUT2D eigenvalue weighted by Crippen LogP contribution is -2.25. The zero-order valence-corrected chi connectivity index (χ0v) is 12.8. The van der Waals surface area contributed by atoms with E-state index in [1.54, 1.807) is 12.1 Å². The second-order valence-electron chi connectivity index (χ2n) is 5.19. The van der Waals surface area contributed by atoms with E-state index in [0.29, 0.717) is 5.56 Å². The van der Waals surface area contributed by atoms with E-state index in [1.165, 1.54) is 6.92 Å². The Morgan fingerprint density at radius 1 is 1.09 bits per heavy atom. The maximum absolute atomic E-state index is 12.0. The van der Waals surface area contributed by atoms with Gasteiger partial charge >= 0.3 is 11.9 Å². The van der Waals surface area contributed by atoms with Crippen LogP contribution in [0, 0.1) is 0 Å². The molecule has 2 aromatic rings. The van der Waals surface area contributed by atoms with Crippen LogP contribution in [0.5, 0.6) is 0 Å². The quantitative estimate of drug-likeness (QED) is 0.655. The van der Waals surface area contributed by atoms with Crippen LogP contribution in [0.1, 0.15) is 17.3 Å². The summed E-state index contributed by atoms with van der Waals surface area (Å²) >= 11 is 0. The summed E-state index contributed by atoms with van der Waals surface area (Å²) in [5, 5.41) is 11.6. The van der Waals surface area contributed by atoms with Gasteiger partial charge in [-0.25, -0.2) is 9.59 Å². The molecule has 2 aromatic carbocycles. The number of rotatable bonds is 6. The van der Waals surface area contributed by atoms with Gasteiger partial charge < -0.3 is 14.6 Å². The summed E-state index contributed by atoms with van der Waals surface area (Å²) < 4.78 is 9.81. The molecule has 2 rings (SSSR count). The molecule has 0 aliphatic rings. The monoisotopic (exact) mass is 314 g/mol. The first-order valence-corrected chi connectivity index (χ1v) is 7.14. The normalized spacial score (nSPS) is 11.7. The molecule has 0 saturated heterocycles. The molecule has 5 heteroatoms. The minimum Gasteiger partial charge on any atom is -0.459 e. The molecule has 0 aliphatic carbocycles. The average molecular weight is 314 g/mol. The van der Waals surface area contributed by atoms with Gasteiger partial charge in [0, 0.05) is 5.57 Å². The highest BCUT2D eigenvalue weighted by atomic mass is 16.6. The van der Waals surface area contributed by atoms with Crippen LogP contribution in [-0.2, 0) is 14.3 Å². The Hall–Kier alpha value is -2.66. The highest BCUT2D eigenvalue weighted by Gasteiger charge is 2.13. The third kappa shape index (κ3) is 4.66. The van der Waals surface area contributed by atoms with Gasteiger partial charge in [-0.15, -0.1) is 0 Å². The van der Waals surface area contributed by atoms with Crippen molar-refractivity contribution < 1.29 is 24.2 Å². The van der Waals surface area contributed by atoms with Crippen molar-refractivity contribution in [2.45, 2.75) is 13.0 Å². The van der Waals surface area contributed by atoms with Crippen LogP contribution in [0.15, 0.2) is 54.6 Å². The van der Waals surface area contributed by atoms with Crippen molar-refractivity contribution >= 4 is 22.7 Å². The molecule has 0 aromatic heterocycles. The van der Waals surface area contributed by atoms with E-state index in [2.05, 4.69) is 6.58 Å². The zero-order valence-electron chi connectivity index (χ0n) is 12.8. The first kappa shape index (κ1) is 16.7. The lowest BCUT2D eigenvalue weighted by atomic mass is 10.1. The molecule has 0 aliphatic heterocycles. The van der Waals surface area contributed by atoms with Gasteiger partial charge in [0.1, 0.15) is 19.3 Å². The molecule has 1 atom stereocenters. The van der Waals surface area contributed by atoms with E-state index in [1.807, 2.05) is 30.3 Å². The van der Waals surface area contributed by atoms with Gasteiger partial charge in [0.25, 0.3) is 0 Å². The Kier molecular flexibility index (Phi) is 5.49. The van der Waals surface area contributed by atoms with Crippen molar-refractivity contribution in [1.29, 1.82) is 0 Å². The van der Waals surface area contributed by atoms with Crippen molar-refractivity contribution in [2.24, 2.45) is 0 Å². The Labute approximate surface area is 134 Å². The number of aliphatic hydroxyl groups excluding tert-OH is 1. The SMILES string of the molecule is C=C(C)C(=O)OCC(O)COC(=O)c1ccc2ccccc2c1. The molecule has 120 valence electrons. The molecule has 0 bridgehead atoms. The van der Waals surface area contributed by atoms with Gasteiger partial charge in [0.15, 0.2) is 0 Å². The maximum atomic E-state index is 12.0. The van der Waals surface area contributed by atoms with E-state index >= 15 is 0 Å². The van der Waals surface area contributed by atoms with Crippen molar-refractivity contribution in [3.8, 4) is 0 Å². The Morgan fingerprint density at radius 2 is 1.74 bits per heavy atom. The number of ether oxygens (including phenoxy) is 2. The van der Waals surface area contributed by atoms with Crippen LogP contribution in [0.25, 0.3) is 10.8 Å². The van der Waals surface area contributed by atoms with Gasteiger partial charge in [0.2, 0.25) is 0 Å². The Balaban J connectivity index is 1.88. The minimum atomic E-state index is -1.08. The number of carbonyl (C=O) groups excluding carboxylic acids is 2. The molecule has 23 heavy (non-hydrogen) atoms. The molecule has 0 saturated carbocycles. The smallest absolute Gasteiger partial charge is 0.338 e. The van der Waals surface area contributed by atoms with Gasteiger partial charge in [-0.3, -0.25) is 0 Å². The number of benzene rings is 2. The molecule has 0 radical (unpaired) electrons. The lowest BCUT2D eigenvalue weighted by Gasteiger charge is -2.12. The summed E-state index contributed by atoms with van der Waals surface area (Å²) in [6.07, 6.45) is -1.08. The third-order valence-corrected chi connectivity index (χ3v) is 3.15. The molecular weight excluding hydrogens is 296 g/mol. The minimum absolute atomic E-state index is 0.241. The van der Waals surface area contributed by atoms with E-state index in [4.69, 9.17) is 9.47 Å². The van der Waals surface area contributed by atoms with E-state index in [0.717, 1.165) is 10.8 Å². The molecular formula is C18H18O5. The number of carbonyl (C=O) groups is 2. The van der Waals surface area contributed by atoms with Crippen molar-refractivity contribution in [2.75, 3.05) is 13.2 Å². The topological polar surface area (TPSA) is 72.8 Å². The summed E-state index contributed by atoms with van der Waals surface area (Å²) in [6, 6.07) is 12.9. The summed E-state index contributed by atoms with van der Waals surface area (Å²) in [5.41, 5.74) is 0.639. The van der Waals surface area contributed by atoms with Crippen LogP contribution >= 0.6 is 0 Å². The predicted octanol–water partition coefficient (Wildman–Crippen LogP) is 2.48. The fourth-order valence-electron chi connectivity index (χ4n) is 1.91. The van der Waals surface area contributed by atoms with E-state index in [9.17, 15) is 14.7 Å². The molecule has 1 unspecified atom stereocenters. The fourth-order valence-corrected chi connectivity index (χ4v) is 1.91. The highest BCUT2D eigenvalue weighted by molar-refractivity contribution is 5.95. The van der Waals surface area contributed by atoms with Gasteiger partial charge in [0.05, 0.1) is 5.56 Å². The van der Waals surface area contributed by atoms with Gasteiger partial charge in [-0.1, -0.05) is 36.9 Å². The molecule has 0 fully saturated rings. The fraction of sp³-hybridized carbons (Fsp3) is 0.222. The highest BCUT2D eigenvalue weighted by Crippen LogP contribution is 2.16. The standard InChI is InChI=1S/C18H18O5/c1-12(2)17(20)22-10-16(19)11-23-18(21)15-8-7-13-5-3-4-6-14(13)9-15/h3-9,16,19H,1,10-11H2,2H3. The zero-order chi connectivity index (χ0) is 16.8. The Morgan fingerprint density at radius 3 is 2.43 bits per heavy atom. The maximum Gasteiger partial charge on any atom is 0.338 e. The first-order valence-electron chi connectivity index (χ1n) is 7.14. The third-order valence-electron chi connectivity index (χ3n) is 3.15. The predicted molar refractivity (Wildman–Crippen MR) is 86.0 cm³/mol. The number of esters is 2. The number of hydrogen-bond donors (Lipinski definition) is 1. The Bertz CT molecular complexity index is 735. The van der Waals surface area contributed by atoms with Crippen LogP contribution in [0.4, 0.5) is 0 Å². The van der Waals surface area contributed by atoms with Crippen molar-refractivity contribution in [1.82, 2.24) is 0 Å². The second-order valence-corrected chi connectivity index (χ2v) is 5.19. The molecule has 0 heterocycles. The van der Waals surface area contributed by atoms with Crippen LogP contribution in [-0.4, -0.2) is 36.4 Å². The summed E-state index contributed by atoms with van der Waals surface area (Å²) in [4.78, 5) is 23.2. The van der Waals surface area contributed by atoms with Crippen LogP contribution in [0.2, 0.25) is 0 Å². The first-order chi connectivity index (χ1) is 11.0. The van der Waals surface area contributed by atoms with Crippen molar-refractivity contribution in [3.05, 3.63) is 60.2 Å². The van der Waals surface area contributed by atoms with E-state index in [-0.39, 0.29) is 18.8 Å². The number of hydrogen-bond acceptors (Lipinski definition) is 5. The van der Waals surface area contributed by atoms with Crippen LogP contribution < -0.4 is 0 Å². The molecule has 0 spiro atoms. The molecule has 1 N–H and O–H groups in total. The largest absolute Gasteiger partial charge is 0.459 e. The van der Waals surface area contributed by atoms with Crippen LogP contribution in [0.3, 0.4) is 0 Å². The second kappa shape index (κ2) is 7.56. The lowest BCUT2D eigenvalue weighted by molar-refractivity contribution is -0.142. The molecule has 5 nitrogen and oxygen atoms in total. The molecule has 0 amide bonds. The summed E-state index contributed by atoms with van der Waals surface area (Å²) in [6.45, 7) is 4.43. The van der Waals surface area contributed by atoms with E-state index < -0.39 is 18.0 Å². The summed E-state index contributed by atoms with van der Waals surface area (Å²) in [7, 11) is 0.